The van der Waals surface area contributed by atoms with Crippen molar-refractivity contribution in [2.24, 2.45) is 5.92 Å². The number of hydrogen-bond donors (Lipinski definition) is 6. The zero-order chi connectivity index (χ0) is 45.4. The van der Waals surface area contributed by atoms with Gasteiger partial charge < -0.3 is 25.3 Å². The van der Waals surface area contributed by atoms with Crippen LogP contribution in [0.1, 0.15) is 55.5 Å². The van der Waals surface area contributed by atoms with Gasteiger partial charge in [-0.1, -0.05) is 97.4 Å². The molecule has 0 spiro atoms. The molecule has 0 saturated carbocycles. The number of halogens is 2. The molecule has 0 saturated heterocycles. The van der Waals surface area contributed by atoms with Crippen LogP contribution in [-0.2, 0) is 22.8 Å². The van der Waals surface area contributed by atoms with Gasteiger partial charge in [-0.15, -0.1) is 0 Å². The highest BCUT2D eigenvalue weighted by Crippen LogP contribution is 2.47. The second-order valence-electron chi connectivity index (χ2n) is 16.0. The Bertz CT molecular complexity index is 3250. The van der Waals surface area contributed by atoms with Crippen LogP contribution in [0.15, 0.2) is 133 Å². The Morgan fingerprint density at radius 2 is 1.37 bits per heavy atom. The van der Waals surface area contributed by atoms with Crippen molar-refractivity contribution in [2.45, 2.75) is 24.9 Å². The maximum Gasteiger partial charge on any atom is 0.414 e. The van der Waals surface area contributed by atoms with Crippen LogP contribution in [0.25, 0.3) is 22.1 Å². The van der Waals surface area contributed by atoms with Gasteiger partial charge in [-0.2, -0.15) is 0 Å². The van der Waals surface area contributed by atoms with Crippen molar-refractivity contribution >= 4 is 75.1 Å². The summed E-state index contributed by atoms with van der Waals surface area (Å²) < 4.78 is 14.6. The van der Waals surface area contributed by atoms with Crippen molar-refractivity contribution in [1.29, 1.82) is 0 Å². The van der Waals surface area contributed by atoms with E-state index < -0.39 is 41.1 Å². The maximum absolute atomic E-state index is 14.6. The van der Waals surface area contributed by atoms with Crippen LogP contribution in [0.2, 0.25) is 5.02 Å². The van der Waals surface area contributed by atoms with Gasteiger partial charge in [0.25, 0.3) is 11.8 Å². The lowest BCUT2D eigenvalue weighted by Gasteiger charge is -2.35. The van der Waals surface area contributed by atoms with Crippen LogP contribution in [0.3, 0.4) is 0 Å². The summed E-state index contributed by atoms with van der Waals surface area (Å²) in [5.41, 5.74) is 0.235. The first-order chi connectivity index (χ1) is 31.2. The lowest BCUT2D eigenvalue weighted by molar-refractivity contribution is -0.119. The highest BCUT2D eigenvalue weighted by Gasteiger charge is 2.52. The van der Waals surface area contributed by atoms with Gasteiger partial charge in [0.1, 0.15) is 5.82 Å². The first-order valence-electron chi connectivity index (χ1n) is 20.4. The number of aromatic amines is 2. The van der Waals surface area contributed by atoms with Crippen LogP contribution >= 0.6 is 11.6 Å². The van der Waals surface area contributed by atoms with Gasteiger partial charge in [-0.3, -0.25) is 29.5 Å². The third-order valence-corrected chi connectivity index (χ3v) is 12.1. The molecule has 0 aliphatic carbocycles. The number of benzene rings is 6. The number of aliphatic hydroxyl groups is 2. The Labute approximate surface area is 373 Å². The van der Waals surface area contributed by atoms with Crippen molar-refractivity contribution < 1.29 is 38.9 Å². The zero-order valence-electron chi connectivity index (χ0n) is 34.2. The quantitative estimate of drug-likeness (QED) is 0.0794. The number of carbonyl (C=O) groups excluding carboxylic acids is 3. The van der Waals surface area contributed by atoms with E-state index in [1.807, 2.05) is 30.3 Å². The SMILES string of the molecule is CC(CN(C(=O)O)c1nc2ccc(C3(O)c4ccccc4C(=O)N3c3cc(F)cc(Cl)c3)cc2[nH]1)C(=O)Nc1nc2ccc(C3(O)c4ccccc4C(=O)N3Cc3ccccc3)cc2[nH]1. The molecule has 3 atom stereocenters. The van der Waals surface area contributed by atoms with Crippen molar-refractivity contribution in [3.8, 4) is 0 Å². The molecular formula is C48H36ClFN8O7. The molecule has 6 N–H and O–H groups in total. The summed E-state index contributed by atoms with van der Waals surface area (Å²) in [7, 11) is 0. The van der Waals surface area contributed by atoms with E-state index in [9.17, 15) is 38.9 Å². The number of aromatic nitrogens is 4. The molecule has 3 unspecified atom stereocenters. The molecule has 0 fully saturated rings. The molecule has 65 heavy (non-hydrogen) atoms. The number of imidazole rings is 2. The highest BCUT2D eigenvalue weighted by atomic mass is 35.5. The summed E-state index contributed by atoms with van der Waals surface area (Å²) in [5, 5.41) is 38.0. The van der Waals surface area contributed by atoms with E-state index in [1.165, 1.54) is 36.1 Å². The van der Waals surface area contributed by atoms with Crippen LogP contribution in [-0.4, -0.2) is 70.5 Å². The Kier molecular flexibility index (Phi) is 9.75. The third kappa shape index (κ3) is 6.73. The molecule has 8 aromatic rings. The van der Waals surface area contributed by atoms with E-state index in [2.05, 4.69) is 25.3 Å². The normalized spacial score (nSPS) is 18.3. The lowest BCUT2D eigenvalue weighted by Crippen LogP contribution is -2.45. The minimum absolute atomic E-state index is 0.0122. The summed E-state index contributed by atoms with van der Waals surface area (Å²) >= 11 is 6.17. The van der Waals surface area contributed by atoms with Crippen LogP contribution in [0.5, 0.6) is 0 Å². The van der Waals surface area contributed by atoms with E-state index >= 15 is 0 Å². The summed E-state index contributed by atoms with van der Waals surface area (Å²) in [6.45, 7) is 1.34. The molecular weight excluding hydrogens is 855 g/mol. The minimum atomic E-state index is -2.13. The number of anilines is 3. The highest BCUT2D eigenvalue weighted by molar-refractivity contribution is 6.31. The van der Waals surface area contributed by atoms with Gasteiger partial charge in [0.15, 0.2) is 11.4 Å². The van der Waals surface area contributed by atoms with Gasteiger partial charge in [-0.25, -0.2) is 24.1 Å². The predicted octanol–water partition coefficient (Wildman–Crippen LogP) is 7.69. The molecule has 6 aromatic carbocycles. The second kappa shape index (κ2) is 15.4. The Morgan fingerprint density at radius 1 is 0.769 bits per heavy atom. The number of nitrogens with one attached hydrogen (secondary N) is 3. The lowest BCUT2D eigenvalue weighted by atomic mass is 9.93. The molecule has 324 valence electrons. The summed E-state index contributed by atoms with van der Waals surface area (Å²) in [5.74, 6) is -3.19. The van der Waals surface area contributed by atoms with Crippen molar-refractivity contribution in [2.75, 3.05) is 21.7 Å². The molecule has 10 rings (SSSR count). The summed E-state index contributed by atoms with van der Waals surface area (Å²) in [6, 6.07) is 35.8. The number of H-pyrrole nitrogens is 2. The number of rotatable bonds is 10. The summed E-state index contributed by atoms with van der Waals surface area (Å²) in [4.78, 5) is 72.2. The maximum atomic E-state index is 14.6. The fraction of sp³-hybridized carbons (Fsp3) is 0.125. The largest absolute Gasteiger partial charge is 0.465 e. The first-order valence-corrected chi connectivity index (χ1v) is 20.7. The Hall–Kier alpha value is -7.92. The number of hydrogen-bond acceptors (Lipinski definition) is 8. The Balaban J connectivity index is 0.896. The molecule has 0 radical (unpaired) electrons. The molecule has 2 aliphatic rings. The molecule has 15 nitrogen and oxygen atoms in total. The van der Waals surface area contributed by atoms with E-state index in [4.69, 9.17) is 11.6 Å². The smallest absolute Gasteiger partial charge is 0.414 e. The second-order valence-corrected chi connectivity index (χ2v) is 16.4. The van der Waals surface area contributed by atoms with Crippen molar-refractivity contribution in [3.63, 3.8) is 0 Å². The number of amides is 4. The van der Waals surface area contributed by atoms with Crippen molar-refractivity contribution in [3.05, 3.63) is 183 Å². The van der Waals surface area contributed by atoms with Crippen LogP contribution < -0.4 is 15.1 Å². The zero-order valence-corrected chi connectivity index (χ0v) is 34.9. The average molecular weight is 891 g/mol. The van der Waals surface area contributed by atoms with Crippen LogP contribution in [0, 0.1) is 11.7 Å². The molecule has 2 aliphatic heterocycles. The van der Waals surface area contributed by atoms with Gasteiger partial charge in [-0.05, 0) is 60.2 Å². The topological polar surface area (TPSA) is 208 Å². The minimum Gasteiger partial charge on any atom is -0.465 e. The number of nitrogens with zero attached hydrogens (tertiary/aromatic N) is 5. The van der Waals surface area contributed by atoms with Gasteiger partial charge >= 0.3 is 6.09 Å². The predicted molar refractivity (Wildman–Crippen MR) is 239 cm³/mol. The van der Waals surface area contributed by atoms with Gasteiger partial charge in [0.05, 0.1) is 33.7 Å². The van der Waals surface area contributed by atoms with Gasteiger partial charge in [0, 0.05) is 51.5 Å². The fourth-order valence-electron chi connectivity index (χ4n) is 8.77. The number of carbonyl (C=O) groups is 4. The van der Waals surface area contributed by atoms with Gasteiger partial charge in [0.2, 0.25) is 17.8 Å². The molecule has 2 aromatic heterocycles. The standard InChI is InChI=1S/C48H36ClFN8O7/c1-26(41(59)55-44-51-37-17-15-28(19-39(37)52-44)47(64)35-13-7-5-11-33(35)42(60)57(47)25-27-9-3-2-4-10-27)24-56(46(62)63)45-53-38-18-16-29(20-40(38)54-45)48(65)36-14-8-6-12-34(36)43(61)58(48)32-22-30(49)21-31(50)23-32/h2-23,26,64-65H,24-25H2,1H3,(H,53,54)(H,62,63)(H2,51,52,55,59). The third-order valence-electron chi connectivity index (χ3n) is 11.9. The Morgan fingerprint density at radius 3 is 2.05 bits per heavy atom. The van der Waals surface area contributed by atoms with E-state index in [0.717, 1.165) is 27.5 Å². The van der Waals surface area contributed by atoms with Crippen LogP contribution in [0.4, 0.5) is 26.8 Å². The fourth-order valence-corrected chi connectivity index (χ4v) is 8.99. The van der Waals surface area contributed by atoms with E-state index in [1.54, 1.807) is 66.7 Å². The monoisotopic (exact) mass is 890 g/mol. The molecule has 4 amide bonds. The van der Waals surface area contributed by atoms with Crippen molar-refractivity contribution in [1.82, 2.24) is 24.8 Å². The average Bonchev–Trinajstić information content (AvgIpc) is 4.02. The number of fused-ring (bicyclic) bond motifs is 4. The molecule has 0 bridgehead atoms. The van der Waals surface area contributed by atoms with E-state index in [0.29, 0.717) is 38.8 Å². The summed E-state index contributed by atoms with van der Waals surface area (Å²) in [6.07, 6.45) is -1.41. The number of carboxylic acid groups (broad SMARTS) is 1. The first kappa shape index (κ1) is 41.1. The molecule has 17 heteroatoms. The molecule has 4 heterocycles. The van der Waals surface area contributed by atoms with E-state index in [-0.39, 0.29) is 58.3 Å².